The van der Waals surface area contributed by atoms with Crippen molar-refractivity contribution in [2.24, 2.45) is 0 Å². The summed E-state index contributed by atoms with van der Waals surface area (Å²) in [5.74, 6) is -0.102. The van der Waals surface area contributed by atoms with Gasteiger partial charge >= 0.3 is 0 Å². The molecule has 92 valence electrons. The Labute approximate surface area is 111 Å². The van der Waals surface area contributed by atoms with E-state index in [-0.39, 0.29) is 5.91 Å². The summed E-state index contributed by atoms with van der Waals surface area (Å²) in [6.45, 7) is 4.04. The van der Waals surface area contributed by atoms with Crippen LogP contribution < -0.4 is 5.32 Å². The van der Waals surface area contributed by atoms with Gasteiger partial charge in [-0.2, -0.15) is 11.3 Å². The molecular formula is C15H15NOS. The highest BCUT2D eigenvalue weighted by Crippen LogP contribution is 2.18. The molecule has 0 saturated carbocycles. The average molecular weight is 257 g/mol. The van der Waals surface area contributed by atoms with Crippen molar-refractivity contribution >= 4 is 29.0 Å². The van der Waals surface area contributed by atoms with E-state index in [0.29, 0.717) is 0 Å². The average Bonchev–Trinajstić information content (AvgIpc) is 2.86. The molecular weight excluding hydrogens is 242 g/mol. The number of hydrogen-bond acceptors (Lipinski definition) is 2. The first-order valence-corrected chi connectivity index (χ1v) is 6.68. The van der Waals surface area contributed by atoms with E-state index in [2.05, 4.69) is 5.32 Å². The molecule has 2 aromatic rings. The molecule has 1 aromatic heterocycles. The van der Waals surface area contributed by atoms with E-state index in [1.165, 1.54) is 5.56 Å². The highest BCUT2D eigenvalue weighted by molar-refractivity contribution is 7.08. The molecule has 0 aliphatic rings. The van der Waals surface area contributed by atoms with Crippen LogP contribution in [0.1, 0.15) is 16.7 Å². The normalized spacial score (nSPS) is 10.8. The fourth-order valence-electron chi connectivity index (χ4n) is 1.60. The molecule has 0 atom stereocenters. The second kappa shape index (κ2) is 5.65. The third kappa shape index (κ3) is 3.08. The molecule has 0 spiro atoms. The molecule has 0 bridgehead atoms. The van der Waals surface area contributed by atoms with Crippen molar-refractivity contribution in [2.75, 3.05) is 5.32 Å². The second-order valence-electron chi connectivity index (χ2n) is 4.13. The second-order valence-corrected chi connectivity index (χ2v) is 4.91. The lowest BCUT2D eigenvalue weighted by Crippen LogP contribution is -2.09. The molecule has 0 radical (unpaired) electrons. The van der Waals surface area contributed by atoms with Gasteiger partial charge in [0.25, 0.3) is 0 Å². The van der Waals surface area contributed by atoms with Crippen LogP contribution in [-0.2, 0) is 4.79 Å². The van der Waals surface area contributed by atoms with Crippen LogP contribution in [0.5, 0.6) is 0 Å². The maximum Gasteiger partial charge on any atom is 0.248 e. The first kappa shape index (κ1) is 12.6. The zero-order valence-corrected chi connectivity index (χ0v) is 11.3. The number of anilines is 1. The number of rotatable bonds is 3. The van der Waals surface area contributed by atoms with Crippen LogP contribution in [0.3, 0.4) is 0 Å². The monoisotopic (exact) mass is 257 g/mol. The molecule has 0 fully saturated rings. The summed E-state index contributed by atoms with van der Waals surface area (Å²) in [6.07, 6.45) is 3.38. The van der Waals surface area contributed by atoms with Crippen LogP contribution in [0.2, 0.25) is 0 Å². The molecule has 3 heteroatoms. The standard InChI is InChI=1S/C15H15NOS/c1-11-4-3-5-14(12(11)2)16-15(17)7-6-13-8-9-18-10-13/h3-10H,1-2H3,(H,16,17)/b7-6+. The SMILES string of the molecule is Cc1cccc(NC(=O)/C=C/c2ccsc2)c1C. The molecule has 0 saturated heterocycles. The molecule has 2 rings (SSSR count). The van der Waals surface area contributed by atoms with Gasteiger partial charge in [-0.1, -0.05) is 12.1 Å². The van der Waals surface area contributed by atoms with E-state index in [9.17, 15) is 4.79 Å². The highest BCUT2D eigenvalue weighted by Gasteiger charge is 2.02. The first-order chi connectivity index (χ1) is 8.66. The summed E-state index contributed by atoms with van der Waals surface area (Å²) in [5.41, 5.74) is 4.20. The van der Waals surface area contributed by atoms with Gasteiger partial charge in [-0.05, 0) is 59.5 Å². The van der Waals surface area contributed by atoms with Crippen molar-refractivity contribution < 1.29 is 4.79 Å². The number of nitrogens with one attached hydrogen (secondary N) is 1. The zero-order chi connectivity index (χ0) is 13.0. The Morgan fingerprint density at radius 1 is 1.28 bits per heavy atom. The Hall–Kier alpha value is -1.87. The van der Waals surface area contributed by atoms with Crippen molar-refractivity contribution in [1.82, 2.24) is 0 Å². The van der Waals surface area contributed by atoms with E-state index in [1.807, 2.05) is 54.9 Å². The molecule has 0 unspecified atom stereocenters. The highest BCUT2D eigenvalue weighted by atomic mass is 32.1. The largest absolute Gasteiger partial charge is 0.322 e. The van der Waals surface area contributed by atoms with Gasteiger partial charge in [-0.25, -0.2) is 0 Å². The zero-order valence-electron chi connectivity index (χ0n) is 10.4. The molecule has 1 N–H and O–H groups in total. The van der Waals surface area contributed by atoms with Crippen molar-refractivity contribution in [3.8, 4) is 0 Å². The van der Waals surface area contributed by atoms with Gasteiger partial charge in [0.05, 0.1) is 0 Å². The number of carbonyl (C=O) groups is 1. The van der Waals surface area contributed by atoms with Gasteiger partial charge in [-0.15, -0.1) is 0 Å². The predicted octanol–water partition coefficient (Wildman–Crippen LogP) is 4.02. The predicted molar refractivity (Wildman–Crippen MR) is 77.9 cm³/mol. The molecule has 0 aliphatic heterocycles. The number of amides is 1. The minimum atomic E-state index is -0.102. The lowest BCUT2D eigenvalue weighted by molar-refractivity contribution is -0.111. The number of thiophene rings is 1. The summed E-state index contributed by atoms with van der Waals surface area (Å²) < 4.78 is 0. The molecule has 2 nitrogen and oxygen atoms in total. The van der Waals surface area contributed by atoms with Crippen molar-refractivity contribution in [2.45, 2.75) is 13.8 Å². The maximum atomic E-state index is 11.8. The van der Waals surface area contributed by atoms with E-state index < -0.39 is 0 Å². The lowest BCUT2D eigenvalue weighted by Gasteiger charge is -2.08. The summed E-state index contributed by atoms with van der Waals surface area (Å²) in [4.78, 5) is 11.8. The topological polar surface area (TPSA) is 29.1 Å². The quantitative estimate of drug-likeness (QED) is 0.827. The smallest absolute Gasteiger partial charge is 0.248 e. The number of hydrogen-bond donors (Lipinski definition) is 1. The van der Waals surface area contributed by atoms with Crippen molar-refractivity contribution in [1.29, 1.82) is 0 Å². The van der Waals surface area contributed by atoms with Crippen LogP contribution in [0, 0.1) is 13.8 Å². The van der Waals surface area contributed by atoms with Gasteiger partial charge in [0.2, 0.25) is 5.91 Å². The molecule has 1 aromatic carbocycles. The van der Waals surface area contributed by atoms with Crippen molar-refractivity contribution in [3.05, 3.63) is 57.8 Å². The molecule has 1 heterocycles. The lowest BCUT2D eigenvalue weighted by atomic mass is 10.1. The van der Waals surface area contributed by atoms with Gasteiger partial charge < -0.3 is 5.32 Å². The van der Waals surface area contributed by atoms with E-state index in [4.69, 9.17) is 0 Å². The fraction of sp³-hybridized carbons (Fsp3) is 0.133. The summed E-state index contributed by atoms with van der Waals surface area (Å²) >= 11 is 1.62. The maximum absolute atomic E-state index is 11.8. The van der Waals surface area contributed by atoms with Gasteiger partial charge in [0.1, 0.15) is 0 Å². The Kier molecular flexibility index (Phi) is 3.95. The molecule has 1 amide bonds. The fourth-order valence-corrected chi connectivity index (χ4v) is 2.23. The van der Waals surface area contributed by atoms with Crippen molar-refractivity contribution in [3.63, 3.8) is 0 Å². The number of benzene rings is 1. The van der Waals surface area contributed by atoms with Crippen LogP contribution in [0.15, 0.2) is 41.1 Å². The van der Waals surface area contributed by atoms with Gasteiger partial charge in [0.15, 0.2) is 0 Å². The van der Waals surface area contributed by atoms with E-state index in [0.717, 1.165) is 16.8 Å². The molecule has 0 aliphatic carbocycles. The number of aryl methyl sites for hydroxylation is 1. The van der Waals surface area contributed by atoms with Gasteiger partial charge in [0, 0.05) is 11.8 Å². The number of carbonyl (C=O) groups excluding carboxylic acids is 1. The minimum Gasteiger partial charge on any atom is -0.322 e. The Morgan fingerprint density at radius 2 is 2.11 bits per heavy atom. The third-order valence-electron chi connectivity index (χ3n) is 2.83. The third-order valence-corrected chi connectivity index (χ3v) is 3.53. The first-order valence-electron chi connectivity index (χ1n) is 5.74. The Bertz CT molecular complexity index is 570. The van der Waals surface area contributed by atoms with Crippen LogP contribution in [0.4, 0.5) is 5.69 Å². The van der Waals surface area contributed by atoms with Gasteiger partial charge in [-0.3, -0.25) is 4.79 Å². The summed E-state index contributed by atoms with van der Waals surface area (Å²) in [5, 5.41) is 6.88. The molecule has 18 heavy (non-hydrogen) atoms. The van der Waals surface area contributed by atoms with E-state index in [1.54, 1.807) is 17.4 Å². The van der Waals surface area contributed by atoms with Crippen LogP contribution in [0.25, 0.3) is 6.08 Å². The minimum absolute atomic E-state index is 0.102. The van der Waals surface area contributed by atoms with Crippen LogP contribution in [-0.4, -0.2) is 5.91 Å². The summed E-state index contributed by atoms with van der Waals surface area (Å²) in [6, 6.07) is 7.87. The Balaban J connectivity index is 2.05. The van der Waals surface area contributed by atoms with Crippen LogP contribution >= 0.6 is 11.3 Å². The van der Waals surface area contributed by atoms with E-state index >= 15 is 0 Å². The summed E-state index contributed by atoms with van der Waals surface area (Å²) in [7, 11) is 0. The Morgan fingerprint density at radius 3 is 2.83 bits per heavy atom.